The van der Waals surface area contributed by atoms with E-state index in [1.54, 1.807) is 47.5 Å². The summed E-state index contributed by atoms with van der Waals surface area (Å²) in [5, 5.41) is 10.8. The van der Waals surface area contributed by atoms with Crippen LogP contribution in [0.15, 0.2) is 67.1 Å². The Bertz CT molecular complexity index is 1300. The molecular formula is C23H18F3N5O2. The van der Waals surface area contributed by atoms with E-state index in [1.165, 1.54) is 7.11 Å². The molecule has 168 valence electrons. The summed E-state index contributed by atoms with van der Waals surface area (Å²) in [4.78, 5) is 16.9. The van der Waals surface area contributed by atoms with Crippen molar-refractivity contribution >= 4 is 11.6 Å². The van der Waals surface area contributed by atoms with Gasteiger partial charge < -0.3 is 10.1 Å². The first kappa shape index (κ1) is 22.0. The van der Waals surface area contributed by atoms with Crippen molar-refractivity contribution in [2.75, 3.05) is 12.4 Å². The monoisotopic (exact) mass is 453 g/mol. The van der Waals surface area contributed by atoms with E-state index >= 15 is 0 Å². The second-order valence-electron chi connectivity index (χ2n) is 7.16. The van der Waals surface area contributed by atoms with Gasteiger partial charge in [-0.2, -0.15) is 13.2 Å². The first-order valence-electron chi connectivity index (χ1n) is 9.76. The van der Waals surface area contributed by atoms with E-state index in [-0.39, 0.29) is 17.0 Å². The first-order chi connectivity index (χ1) is 15.8. The molecule has 10 heteroatoms. The van der Waals surface area contributed by atoms with Gasteiger partial charge in [-0.05, 0) is 55.0 Å². The number of carbonyl (C=O) groups is 1. The van der Waals surface area contributed by atoms with Crippen LogP contribution in [0, 0.1) is 6.92 Å². The predicted molar refractivity (Wildman–Crippen MR) is 115 cm³/mol. The zero-order valence-corrected chi connectivity index (χ0v) is 17.6. The quantitative estimate of drug-likeness (QED) is 0.464. The lowest BCUT2D eigenvalue weighted by molar-refractivity contribution is -0.137. The third kappa shape index (κ3) is 4.69. The molecule has 0 bridgehead atoms. The molecule has 1 N–H and O–H groups in total. The van der Waals surface area contributed by atoms with Gasteiger partial charge in [-0.1, -0.05) is 11.3 Å². The Morgan fingerprint density at radius 3 is 2.64 bits per heavy atom. The molecule has 33 heavy (non-hydrogen) atoms. The summed E-state index contributed by atoms with van der Waals surface area (Å²) in [7, 11) is 1.31. The molecule has 1 amide bonds. The van der Waals surface area contributed by atoms with Crippen LogP contribution in [-0.4, -0.2) is 33.0 Å². The van der Waals surface area contributed by atoms with E-state index in [0.717, 1.165) is 29.4 Å². The summed E-state index contributed by atoms with van der Waals surface area (Å²) < 4.78 is 46.0. The van der Waals surface area contributed by atoms with Crippen molar-refractivity contribution in [1.82, 2.24) is 20.0 Å². The molecule has 0 radical (unpaired) electrons. The van der Waals surface area contributed by atoms with Crippen LogP contribution in [-0.2, 0) is 6.18 Å². The molecule has 2 heterocycles. The molecule has 4 aromatic rings. The highest BCUT2D eigenvalue weighted by Crippen LogP contribution is 2.35. The molecule has 0 unspecified atom stereocenters. The van der Waals surface area contributed by atoms with Gasteiger partial charge in [-0.15, -0.1) is 5.10 Å². The Balaban J connectivity index is 1.64. The van der Waals surface area contributed by atoms with Gasteiger partial charge in [0.25, 0.3) is 5.91 Å². The molecule has 2 aromatic carbocycles. The zero-order valence-electron chi connectivity index (χ0n) is 17.6. The number of alkyl halides is 3. The maximum atomic E-state index is 13.1. The molecule has 0 saturated carbocycles. The number of hydrogen-bond donors (Lipinski definition) is 1. The molecule has 0 fully saturated rings. The van der Waals surface area contributed by atoms with Gasteiger partial charge in [-0.25, -0.2) is 4.68 Å². The van der Waals surface area contributed by atoms with Crippen molar-refractivity contribution in [1.29, 1.82) is 0 Å². The van der Waals surface area contributed by atoms with Crippen LogP contribution in [0.1, 0.15) is 21.5 Å². The molecule has 0 aliphatic carbocycles. The average Bonchev–Trinajstić information content (AvgIpc) is 3.29. The Morgan fingerprint density at radius 1 is 1.12 bits per heavy atom. The van der Waals surface area contributed by atoms with Crippen LogP contribution in [0.5, 0.6) is 5.75 Å². The lowest BCUT2D eigenvalue weighted by Gasteiger charge is -2.14. The number of amides is 1. The standard InChI is InChI=1S/C23H18F3N5O2/c1-14-5-6-15(10-18(14)20-13-31(30-29-20)17-4-3-9-27-12-17)22(32)28-19-11-16(23(24,25)26)7-8-21(19)33-2/h3-13H,1-2H3,(H,28,32). The van der Waals surface area contributed by atoms with Gasteiger partial charge in [0.15, 0.2) is 0 Å². The van der Waals surface area contributed by atoms with Crippen LogP contribution < -0.4 is 10.1 Å². The second-order valence-corrected chi connectivity index (χ2v) is 7.16. The molecule has 2 aromatic heterocycles. The zero-order chi connectivity index (χ0) is 23.6. The summed E-state index contributed by atoms with van der Waals surface area (Å²) in [6.45, 7) is 1.86. The van der Waals surface area contributed by atoms with Crippen molar-refractivity contribution in [3.8, 4) is 22.7 Å². The number of nitrogens with zero attached hydrogens (tertiary/aromatic N) is 4. The maximum Gasteiger partial charge on any atom is 0.416 e. The van der Waals surface area contributed by atoms with E-state index < -0.39 is 17.6 Å². The Morgan fingerprint density at radius 2 is 1.94 bits per heavy atom. The SMILES string of the molecule is COc1ccc(C(F)(F)F)cc1NC(=O)c1ccc(C)c(-c2cn(-c3cccnc3)nn2)c1. The van der Waals surface area contributed by atoms with E-state index in [0.29, 0.717) is 11.3 Å². The molecule has 4 rings (SSSR count). The van der Waals surface area contributed by atoms with Crippen molar-refractivity contribution in [3.63, 3.8) is 0 Å². The third-order valence-corrected chi connectivity index (χ3v) is 4.95. The number of nitrogens with one attached hydrogen (secondary N) is 1. The topological polar surface area (TPSA) is 81.9 Å². The largest absolute Gasteiger partial charge is 0.495 e. The van der Waals surface area contributed by atoms with Crippen molar-refractivity contribution in [2.24, 2.45) is 0 Å². The fraction of sp³-hybridized carbons (Fsp3) is 0.130. The van der Waals surface area contributed by atoms with E-state index in [4.69, 9.17) is 4.74 Å². The van der Waals surface area contributed by atoms with Gasteiger partial charge in [0, 0.05) is 17.3 Å². The number of hydrogen-bond acceptors (Lipinski definition) is 5. The average molecular weight is 453 g/mol. The molecular weight excluding hydrogens is 435 g/mol. The molecule has 0 saturated heterocycles. The number of anilines is 1. The highest BCUT2D eigenvalue weighted by atomic mass is 19.4. The number of benzene rings is 2. The van der Waals surface area contributed by atoms with Crippen LogP contribution in [0.25, 0.3) is 16.9 Å². The summed E-state index contributed by atoms with van der Waals surface area (Å²) in [5.74, 6) is -0.475. The summed E-state index contributed by atoms with van der Waals surface area (Å²) in [5.41, 5.74) is 2.03. The molecule has 0 aliphatic heterocycles. The van der Waals surface area contributed by atoms with Crippen LogP contribution in [0.2, 0.25) is 0 Å². The minimum absolute atomic E-state index is 0.0815. The highest BCUT2D eigenvalue weighted by molar-refractivity contribution is 6.05. The van der Waals surface area contributed by atoms with Crippen LogP contribution in [0.3, 0.4) is 0 Å². The van der Waals surface area contributed by atoms with E-state index in [1.807, 2.05) is 13.0 Å². The minimum atomic E-state index is -4.55. The number of aryl methyl sites for hydroxylation is 1. The van der Waals surface area contributed by atoms with Gasteiger partial charge in [0.05, 0.1) is 36.4 Å². The van der Waals surface area contributed by atoms with Crippen molar-refractivity contribution in [2.45, 2.75) is 13.1 Å². The smallest absolute Gasteiger partial charge is 0.416 e. The fourth-order valence-corrected chi connectivity index (χ4v) is 3.22. The molecule has 0 atom stereocenters. The van der Waals surface area contributed by atoms with Gasteiger partial charge in [-0.3, -0.25) is 9.78 Å². The van der Waals surface area contributed by atoms with Gasteiger partial charge >= 0.3 is 6.18 Å². The second kappa shape index (κ2) is 8.73. The summed E-state index contributed by atoms with van der Waals surface area (Å²) in [6, 6.07) is 11.4. The van der Waals surface area contributed by atoms with E-state index in [9.17, 15) is 18.0 Å². The third-order valence-electron chi connectivity index (χ3n) is 4.95. The summed E-state index contributed by atoms with van der Waals surface area (Å²) in [6.07, 6.45) is 0.435. The number of ether oxygens (including phenoxy) is 1. The fourth-order valence-electron chi connectivity index (χ4n) is 3.22. The Labute approximate surface area is 186 Å². The van der Waals surface area contributed by atoms with Gasteiger partial charge in [0.1, 0.15) is 11.4 Å². The summed E-state index contributed by atoms with van der Waals surface area (Å²) >= 11 is 0. The molecule has 7 nitrogen and oxygen atoms in total. The number of pyridine rings is 1. The normalized spacial score (nSPS) is 11.3. The molecule has 0 spiro atoms. The molecule has 0 aliphatic rings. The van der Waals surface area contributed by atoms with Crippen LogP contribution in [0.4, 0.5) is 18.9 Å². The first-order valence-corrected chi connectivity index (χ1v) is 9.76. The van der Waals surface area contributed by atoms with Crippen molar-refractivity contribution in [3.05, 3.63) is 83.8 Å². The number of aromatic nitrogens is 4. The number of carbonyl (C=O) groups excluding carboxylic acids is 1. The lowest BCUT2D eigenvalue weighted by atomic mass is 10.0. The highest BCUT2D eigenvalue weighted by Gasteiger charge is 2.31. The Kier molecular flexibility index (Phi) is 5.82. The van der Waals surface area contributed by atoms with Crippen LogP contribution >= 0.6 is 0 Å². The minimum Gasteiger partial charge on any atom is -0.495 e. The number of halogens is 3. The van der Waals surface area contributed by atoms with E-state index in [2.05, 4.69) is 20.6 Å². The van der Waals surface area contributed by atoms with Gasteiger partial charge in [0.2, 0.25) is 0 Å². The predicted octanol–water partition coefficient (Wildman–Crippen LogP) is 4.92. The number of rotatable bonds is 5. The lowest BCUT2D eigenvalue weighted by Crippen LogP contribution is -2.14. The Hall–Kier alpha value is -4.21. The number of methoxy groups -OCH3 is 1. The maximum absolute atomic E-state index is 13.1. The van der Waals surface area contributed by atoms with Crippen molar-refractivity contribution < 1.29 is 22.7 Å².